The molecule has 2 aliphatic rings. The number of hydrogen-bond acceptors (Lipinski definition) is 3. The van der Waals surface area contributed by atoms with Crippen molar-refractivity contribution in [1.82, 2.24) is 10.0 Å². The molecule has 0 aromatic heterocycles. The van der Waals surface area contributed by atoms with Gasteiger partial charge in [-0.25, -0.2) is 13.1 Å². The first kappa shape index (κ1) is 17.7. The van der Waals surface area contributed by atoms with Crippen LogP contribution in [0, 0.1) is 0 Å². The van der Waals surface area contributed by atoms with E-state index in [1.54, 1.807) is 0 Å². The zero-order valence-corrected chi connectivity index (χ0v) is 15.1. The van der Waals surface area contributed by atoms with Crippen molar-refractivity contribution >= 4 is 27.5 Å². The van der Waals surface area contributed by atoms with Gasteiger partial charge in [-0.3, -0.25) is 4.79 Å². The van der Waals surface area contributed by atoms with E-state index in [-0.39, 0.29) is 33.5 Å². The van der Waals surface area contributed by atoms with Crippen molar-refractivity contribution in [2.24, 2.45) is 0 Å². The Bertz CT molecular complexity index is 709. The Morgan fingerprint density at radius 2 is 1.58 bits per heavy atom. The molecule has 5 nitrogen and oxygen atoms in total. The van der Waals surface area contributed by atoms with Crippen LogP contribution < -0.4 is 10.0 Å². The summed E-state index contributed by atoms with van der Waals surface area (Å²) in [6.45, 7) is 0. The number of halogens is 1. The molecular weight excluding hydrogens is 348 g/mol. The van der Waals surface area contributed by atoms with Gasteiger partial charge in [-0.2, -0.15) is 0 Å². The monoisotopic (exact) mass is 370 g/mol. The van der Waals surface area contributed by atoms with Crippen molar-refractivity contribution in [2.45, 2.75) is 68.3 Å². The van der Waals surface area contributed by atoms with E-state index >= 15 is 0 Å². The molecule has 7 heteroatoms. The number of nitrogens with one attached hydrogen (secondary N) is 2. The molecule has 0 saturated heterocycles. The first-order valence-electron chi connectivity index (χ1n) is 8.58. The summed E-state index contributed by atoms with van der Waals surface area (Å²) in [7, 11) is -3.63. The average molecular weight is 371 g/mol. The first-order valence-corrected chi connectivity index (χ1v) is 10.4. The predicted molar refractivity (Wildman–Crippen MR) is 93.8 cm³/mol. The lowest BCUT2D eigenvalue weighted by Crippen LogP contribution is -2.34. The van der Waals surface area contributed by atoms with Crippen molar-refractivity contribution < 1.29 is 13.2 Å². The van der Waals surface area contributed by atoms with Gasteiger partial charge < -0.3 is 5.32 Å². The summed E-state index contributed by atoms with van der Waals surface area (Å²) in [5.74, 6) is -0.301. The molecule has 1 amide bonds. The van der Waals surface area contributed by atoms with Crippen LogP contribution in [0.25, 0.3) is 0 Å². The molecule has 0 aliphatic heterocycles. The van der Waals surface area contributed by atoms with E-state index in [0.29, 0.717) is 0 Å². The van der Waals surface area contributed by atoms with Crippen LogP contribution in [0.3, 0.4) is 0 Å². The van der Waals surface area contributed by atoms with E-state index in [1.165, 1.54) is 18.2 Å². The van der Waals surface area contributed by atoms with E-state index < -0.39 is 10.0 Å². The topological polar surface area (TPSA) is 75.3 Å². The van der Waals surface area contributed by atoms with E-state index in [2.05, 4.69) is 10.0 Å². The van der Waals surface area contributed by atoms with Gasteiger partial charge in [-0.15, -0.1) is 0 Å². The molecule has 3 rings (SSSR count). The Labute approximate surface area is 148 Å². The predicted octanol–water partition coefficient (Wildman–Crippen LogP) is 3.23. The fraction of sp³-hybridized carbons (Fsp3) is 0.588. The van der Waals surface area contributed by atoms with Gasteiger partial charge in [0.1, 0.15) is 0 Å². The Morgan fingerprint density at radius 3 is 2.21 bits per heavy atom. The molecule has 0 heterocycles. The summed E-state index contributed by atoms with van der Waals surface area (Å²) in [5.41, 5.74) is 0.220. The van der Waals surface area contributed by atoms with Crippen LogP contribution in [0.1, 0.15) is 61.7 Å². The van der Waals surface area contributed by atoms with Crippen LogP contribution in [-0.4, -0.2) is 26.4 Å². The van der Waals surface area contributed by atoms with Crippen LogP contribution in [0.4, 0.5) is 0 Å². The molecule has 0 spiro atoms. The molecule has 1 aromatic carbocycles. The number of amides is 1. The molecule has 0 radical (unpaired) electrons. The molecular formula is C17H23ClN2O3S. The van der Waals surface area contributed by atoms with Crippen LogP contribution in [-0.2, 0) is 10.0 Å². The number of benzene rings is 1. The smallest absolute Gasteiger partial charge is 0.253 e. The molecule has 132 valence electrons. The largest absolute Gasteiger partial charge is 0.349 e. The molecule has 2 fully saturated rings. The molecule has 0 bridgehead atoms. The second-order valence-electron chi connectivity index (χ2n) is 6.70. The van der Waals surface area contributed by atoms with Gasteiger partial charge in [-0.1, -0.05) is 37.3 Å². The van der Waals surface area contributed by atoms with Gasteiger partial charge in [0.05, 0.1) is 15.5 Å². The maximum absolute atomic E-state index is 12.5. The maximum atomic E-state index is 12.5. The summed E-state index contributed by atoms with van der Waals surface area (Å²) in [6, 6.07) is 4.45. The fourth-order valence-corrected chi connectivity index (χ4v) is 5.04. The molecule has 24 heavy (non-hydrogen) atoms. The fourth-order valence-electron chi connectivity index (χ4n) is 3.51. The highest BCUT2D eigenvalue weighted by Crippen LogP contribution is 2.24. The second-order valence-corrected chi connectivity index (χ2v) is 8.82. The third kappa shape index (κ3) is 4.10. The third-order valence-electron chi connectivity index (χ3n) is 4.86. The lowest BCUT2D eigenvalue weighted by Gasteiger charge is -2.15. The minimum absolute atomic E-state index is 0.0126. The zero-order valence-electron chi connectivity index (χ0n) is 13.6. The van der Waals surface area contributed by atoms with Crippen LogP contribution in [0.2, 0.25) is 5.02 Å². The standard InChI is InChI=1S/C17H23ClN2O3S/c18-16-10-9-14(24(22,23)20-13-7-3-4-8-13)11-15(16)17(21)19-12-5-1-2-6-12/h9-13,20H,1-8H2,(H,19,21). The lowest BCUT2D eigenvalue weighted by atomic mass is 10.2. The molecule has 0 unspecified atom stereocenters. The highest BCUT2D eigenvalue weighted by Gasteiger charge is 2.25. The Morgan fingerprint density at radius 1 is 1.00 bits per heavy atom. The Kier molecular flexibility index (Phi) is 5.47. The quantitative estimate of drug-likeness (QED) is 0.835. The van der Waals surface area contributed by atoms with Gasteiger partial charge in [0.2, 0.25) is 10.0 Å². The van der Waals surface area contributed by atoms with Crippen LogP contribution in [0.5, 0.6) is 0 Å². The summed E-state index contributed by atoms with van der Waals surface area (Å²) < 4.78 is 27.8. The maximum Gasteiger partial charge on any atom is 0.253 e. The SMILES string of the molecule is O=C(NC1CCCC1)c1cc(S(=O)(=O)NC2CCCC2)ccc1Cl. The van der Waals surface area contributed by atoms with Crippen LogP contribution >= 0.6 is 11.6 Å². The van der Waals surface area contributed by atoms with E-state index in [1.807, 2.05) is 0 Å². The van der Waals surface area contributed by atoms with E-state index in [0.717, 1.165) is 51.4 Å². The Balaban J connectivity index is 1.78. The number of rotatable bonds is 5. The molecule has 0 atom stereocenters. The van der Waals surface area contributed by atoms with Crippen molar-refractivity contribution in [3.63, 3.8) is 0 Å². The van der Waals surface area contributed by atoms with Crippen LogP contribution in [0.15, 0.2) is 23.1 Å². The zero-order chi connectivity index (χ0) is 17.2. The van der Waals surface area contributed by atoms with Crippen molar-refractivity contribution in [1.29, 1.82) is 0 Å². The minimum atomic E-state index is -3.63. The van der Waals surface area contributed by atoms with Gasteiger partial charge in [0.25, 0.3) is 5.91 Å². The number of carbonyl (C=O) groups is 1. The number of hydrogen-bond donors (Lipinski definition) is 2. The lowest BCUT2D eigenvalue weighted by molar-refractivity contribution is 0.0938. The van der Waals surface area contributed by atoms with E-state index in [4.69, 9.17) is 11.6 Å². The summed E-state index contributed by atoms with van der Waals surface area (Å²) in [4.78, 5) is 12.5. The summed E-state index contributed by atoms with van der Waals surface area (Å²) in [5, 5.41) is 3.22. The van der Waals surface area contributed by atoms with Crippen molar-refractivity contribution in [2.75, 3.05) is 0 Å². The average Bonchev–Trinajstić information content (AvgIpc) is 3.20. The van der Waals surface area contributed by atoms with Gasteiger partial charge in [-0.05, 0) is 43.9 Å². The van der Waals surface area contributed by atoms with E-state index in [9.17, 15) is 13.2 Å². The molecule has 2 aliphatic carbocycles. The minimum Gasteiger partial charge on any atom is -0.349 e. The molecule has 2 N–H and O–H groups in total. The summed E-state index contributed by atoms with van der Waals surface area (Å²) >= 11 is 6.12. The Hall–Kier alpha value is -1.11. The first-order chi connectivity index (χ1) is 11.5. The second kappa shape index (κ2) is 7.42. The number of sulfonamides is 1. The molecule has 1 aromatic rings. The third-order valence-corrected chi connectivity index (χ3v) is 6.71. The highest BCUT2D eigenvalue weighted by atomic mass is 35.5. The van der Waals surface area contributed by atoms with Crippen molar-refractivity contribution in [3.8, 4) is 0 Å². The number of carbonyl (C=O) groups excluding carboxylic acids is 1. The highest BCUT2D eigenvalue weighted by molar-refractivity contribution is 7.89. The summed E-state index contributed by atoms with van der Waals surface area (Å²) in [6.07, 6.45) is 7.96. The van der Waals surface area contributed by atoms with Crippen molar-refractivity contribution in [3.05, 3.63) is 28.8 Å². The molecule has 2 saturated carbocycles. The van der Waals surface area contributed by atoms with Gasteiger partial charge in [0.15, 0.2) is 0 Å². The normalized spacial score (nSPS) is 19.7. The van der Waals surface area contributed by atoms with Gasteiger partial charge >= 0.3 is 0 Å². The van der Waals surface area contributed by atoms with Gasteiger partial charge in [0, 0.05) is 12.1 Å².